The van der Waals surface area contributed by atoms with E-state index in [0.29, 0.717) is 17.1 Å². The first-order valence-electron chi connectivity index (χ1n) is 10.1. The largest absolute Gasteiger partial charge is 0.307 e. The number of anilines is 1. The van der Waals surface area contributed by atoms with Crippen LogP contribution >= 0.6 is 11.6 Å². The predicted molar refractivity (Wildman–Crippen MR) is 116 cm³/mol. The molecule has 2 aromatic carbocycles. The molecule has 2 aliphatic rings. The van der Waals surface area contributed by atoms with Crippen molar-refractivity contribution < 1.29 is 9.18 Å². The number of nitrogens with zero attached hydrogens (tertiary/aromatic N) is 2. The standard InChI is InChI=1S/C24H26ClFN2O/c1-17(2)8-11-27-12-9-24(10-13-27)16-28(22-7-6-20(26)15-21(22)24)23(29)18-4-3-5-19(25)14-18/h3-8,14-15H,9-13,16H2,1-2H3. The molecule has 1 fully saturated rings. The topological polar surface area (TPSA) is 23.6 Å². The van der Waals surface area contributed by atoms with Crippen molar-refractivity contribution in [2.24, 2.45) is 0 Å². The minimum Gasteiger partial charge on any atom is -0.307 e. The van der Waals surface area contributed by atoms with Gasteiger partial charge in [-0.2, -0.15) is 0 Å². The van der Waals surface area contributed by atoms with E-state index in [1.54, 1.807) is 36.4 Å². The number of likely N-dealkylation sites (tertiary alicyclic amines) is 1. The van der Waals surface area contributed by atoms with Crippen LogP contribution < -0.4 is 4.90 Å². The summed E-state index contributed by atoms with van der Waals surface area (Å²) in [5.74, 6) is -0.323. The summed E-state index contributed by atoms with van der Waals surface area (Å²) in [6.07, 6.45) is 4.08. The highest BCUT2D eigenvalue weighted by atomic mass is 35.5. The molecule has 0 radical (unpaired) electrons. The Hall–Kier alpha value is -2.17. The van der Waals surface area contributed by atoms with Crippen LogP contribution in [0.1, 0.15) is 42.6 Å². The zero-order valence-electron chi connectivity index (χ0n) is 16.9. The van der Waals surface area contributed by atoms with E-state index in [0.717, 1.165) is 43.7 Å². The van der Waals surface area contributed by atoms with Gasteiger partial charge in [-0.3, -0.25) is 9.69 Å². The highest BCUT2D eigenvalue weighted by Gasteiger charge is 2.46. The van der Waals surface area contributed by atoms with E-state index in [-0.39, 0.29) is 17.1 Å². The third-order valence-corrected chi connectivity index (χ3v) is 6.40. The maximum atomic E-state index is 14.2. The second-order valence-electron chi connectivity index (χ2n) is 8.43. The van der Waals surface area contributed by atoms with Gasteiger partial charge in [-0.05, 0) is 81.7 Å². The van der Waals surface area contributed by atoms with Gasteiger partial charge in [0.1, 0.15) is 5.82 Å². The lowest BCUT2D eigenvalue weighted by atomic mass is 9.74. The lowest BCUT2D eigenvalue weighted by molar-refractivity contribution is 0.0977. The first-order valence-corrected chi connectivity index (χ1v) is 10.5. The second-order valence-corrected chi connectivity index (χ2v) is 8.86. The number of carbonyl (C=O) groups is 1. The fourth-order valence-electron chi connectivity index (χ4n) is 4.50. The van der Waals surface area contributed by atoms with Crippen molar-refractivity contribution in [3.05, 3.63) is 76.1 Å². The maximum Gasteiger partial charge on any atom is 0.258 e. The number of benzene rings is 2. The molecular weight excluding hydrogens is 387 g/mol. The molecular formula is C24H26ClFN2O. The van der Waals surface area contributed by atoms with Crippen molar-refractivity contribution in [2.75, 3.05) is 31.1 Å². The Bertz CT molecular complexity index is 959. The van der Waals surface area contributed by atoms with Gasteiger partial charge in [0.15, 0.2) is 0 Å². The van der Waals surface area contributed by atoms with E-state index in [4.69, 9.17) is 11.6 Å². The number of rotatable bonds is 3. The van der Waals surface area contributed by atoms with Crippen molar-refractivity contribution in [1.82, 2.24) is 4.90 Å². The second kappa shape index (κ2) is 7.92. The third kappa shape index (κ3) is 3.96. The monoisotopic (exact) mass is 412 g/mol. The molecule has 3 nitrogen and oxygen atoms in total. The van der Waals surface area contributed by atoms with Gasteiger partial charge in [0.05, 0.1) is 0 Å². The van der Waals surface area contributed by atoms with Gasteiger partial charge in [0.25, 0.3) is 5.91 Å². The van der Waals surface area contributed by atoms with Crippen LogP contribution in [-0.4, -0.2) is 37.0 Å². The van der Waals surface area contributed by atoms with Crippen LogP contribution in [0.15, 0.2) is 54.1 Å². The van der Waals surface area contributed by atoms with Gasteiger partial charge >= 0.3 is 0 Å². The molecule has 29 heavy (non-hydrogen) atoms. The molecule has 0 saturated carbocycles. The number of piperidine rings is 1. The molecule has 0 atom stereocenters. The lowest BCUT2D eigenvalue weighted by Crippen LogP contribution is -2.46. The molecule has 0 unspecified atom stereocenters. The van der Waals surface area contributed by atoms with E-state index in [1.165, 1.54) is 11.6 Å². The van der Waals surface area contributed by atoms with E-state index < -0.39 is 0 Å². The highest BCUT2D eigenvalue weighted by molar-refractivity contribution is 6.31. The summed E-state index contributed by atoms with van der Waals surface area (Å²) in [6.45, 7) is 7.65. The SMILES string of the molecule is CC(C)=CCN1CCC2(CC1)CN(C(=O)c1cccc(Cl)c1)c1ccc(F)cc12. The van der Waals surface area contributed by atoms with Gasteiger partial charge in [0, 0.05) is 34.8 Å². The van der Waals surface area contributed by atoms with Crippen molar-refractivity contribution >= 4 is 23.2 Å². The lowest BCUT2D eigenvalue weighted by Gasteiger charge is -2.39. The number of carbonyl (C=O) groups excluding carboxylic acids is 1. The molecule has 2 aliphatic heterocycles. The zero-order chi connectivity index (χ0) is 20.6. The summed E-state index contributed by atoms with van der Waals surface area (Å²) in [5.41, 5.74) is 3.49. The summed E-state index contributed by atoms with van der Waals surface area (Å²) in [6, 6.07) is 11.8. The molecule has 152 valence electrons. The molecule has 1 saturated heterocycles. The molecule has 1 amide bonds. The Labute approximate surface area is 176 Å². The van der Waals surface area contributed by atoms with Gasteiger partial charge in [0.2, 0.25) is 0 Å². The Morgan fingerprint density at radius 3 is 2.62 bits per heavy atom. The molecule has 2 heterocycles. The number of fused-ring (bicyclic) bond motifs is 2. The van der Waals surface area contributed by atoms with Crippen LogP contribution in [-0.2, 0) is 5.41 Å². The molecule has 5 heteroatoms. The minimum absolute atomic E-state index is 0.0794. The van der Waals surface area contributed by atoms with Crippen LogP contribution in [0.4, 0.5) is 10.1 Å². The van der Waals surface area contributed by atoms with Crippen LogP contribution in [0.2, 0.25) is 5.02 Å². The van der Waals surface area contributed by atoms with Gasteiger partial charge in [-0.1, -0.05) is 29.3 Å². The maximum absolute atomic E-state index is 14.2. The Balaban J connectivity index is 1.62. The molecule has 0 aromatic heterocycles. The predicted octanol–water partition coefficient (Wildman–Crippen LogP) is 5.44. The summed E-state index contributed by atoms with van der Waals surface area (Å²) < 4.78 is 14.2. The van der Waals surface area contributed by atoms with E-state index in [9.17, 15) is 9.18 Å². The van der Waals surface area contributed by atoms with Crippen LogP contribution in [0.5, 0.6) is 0 Å². The van der Waals surface area contributed by atoms with E-state index in [2.05, 4.69) is 24.8 Å². The van der Waals surface area contributed by atoms with E-state index in [1.807, 2.05) is 4.90 Å². The fraction of sp³-hybridized carbons (Fsp3) is 0.375. The van der Waals surface area contributed by atoms with Crippen molar-refractivity contribution in [1.29, 1.82) is 0 Å². The quantitative estimate of drug-likeness (QED) is 0.627. The molecule has 0 aliphatic carbocycles. The first-order chi connectivity index (χ1) is 13.9. The van der Waals surface area contributed by atoms with Crippen LogP contribution in [0, 0.1) is 5.82 Å². The number of allylic oxidation sites excluding steroid dienone is 1. The van der Waals surface area contributed by atoms with Gasteiger partial charge in [-0.25, -0.2) is 4.39 Å². The van der Waals surface area contributed by atoms with Crippen LogP contribution in [0.3, 0.4) is 0 Å². The Morgan fingerprint density at radius 1 is 1.17 bits per heavy atom. The molecule has 0 N–H and O–H groups in total. The van der Waals surface area contributed by atoms with E-state index >= 15 is 0 Å². The number of halogens is 2. The number of amides is 1. The third-order valence-electron chi connectivity index (χ3n) is 6.17. The summed E-state index contributed by atoms with van der Waals surface area (Å²) >= 11 is 6.10. The molecule has 1 spiro atoms. The Morgan fingerprint density at radius 2 is 1.93 bits per heavy atom. The van der Waals surface area contributed by atoms with Crippen molar-refractivity contribution in [3.8, 4) is 0 Å². The normalized spacial score (nSPS) is 18.0. The highest BCUT2D eigenvalue weighted by Crippen LogP contribution is 2.47. The average molecular weight is 413 g/mol. The number of hydrogen-bond donors (Lipinski definition) is 0. The van der Waals surface area contributed by atoms with Crippen molar-refractivity contribution in [3.63, 3.8) is 0 Å². The Kier molecular flexibility index (Phi) is 5.50. The fourth-order valence-corrected chi connectivity index (χ4v) is 4.69. The molecule has 0 bridgehead atoms. The average Bonchev–Trinajstić information content (AvgIpc) is 3.00. The van der Waals surface area contributed by atoms with Crippen LogP contribution in [0.25, 0.3) is 0 Å². The van der Waals surface area contributed by atoms with Gasteiger partial charge in [-0.15, -0.1) is 0 Å². The summed E-state index contributed by atoms with van der Waals surface area (Å²) in [4.78, 5) is 17.5. The molecule has 4 rings (SSSR count). The first kappa shape index (κ1) is 20.1. The smallest absolute Gasteiger partial charge is 0.258 e. The summed E-state index contributed by atoms with van der Waals surface area (Å²) in [7, 11) is 0. The van der Waals surface area contributed by atoms with Gasteiger partial charge < -0.3 is 4.90 Å². The number of hydrogen-bond acceptors (Lipinski definition) is 2. The van der Waals surface area contributed by atoms with Crippen molar-refractivity contribution in [2.45, 2.75) is 32.1 Å². The summed E-state index contributed by atoms with van der Waals surface area (Å²) in [5, 5.41) is 0.539. The molecule has 2 aromatic rings. The zero-order valence-corrected chi connectivity index (χ0v) is 17.7. The minimum atomic E-state index is -0.243.